The van der Waals surface area contributed by atoms with Crippen LogP contribution in [0.1, 0.15) is 54.9 Å². The van der Waals surface area contributed by atoms with Gasteiger partial charge in [-0.15, -0.1) is 0 Å². The molecule has 1 N–H and O–H groups in total. The number of alkyl halides is 3. The van der Waals surface area contributed by atoms with Gasteiger partial charge in [-0.2, -0.15) is 18.2 Å². The zero-order valence-corrected chi connectivity index (χ0v) is 20.4. The molecular formula is C25H27F3N4O3S. The maximum Gasteiger partial charge on any atom is 0.416 e. The van der Waals surface area contributed by atoms with Crippen molar-refractivity contribution in [2.45, 2.75) is 61.2 Å². The summed E-state index contributed by atoms with van der Waals surface area (Å²) in [6.07, 6.45) is -0.615. The number of hydrogen-bond acceptors (Lipinski definition) is 6. The third-order valence-corrected chi connectivity index (χ3v) is 8.73. The maximum atomic E-state index is 13.0. The van der Waals surface area contributed by atoms with Gasteiger partial charge in [0.15, 0.2) is 5.82 Å². The third-order valence-electron chi connectivity index (χ3n) is 7.19. The monoisotopic (exact) mass is 520 g/mol. The van der Waals surface area contributed by atoms with E-state index in [1.54, 1.807) is 30.3 Å². The summed E-state index contributed by atoms with van der Waals surface area (Å²) in [5.41, 5.74) is -0.432. The lowest BCUT2D eigenvalue weighted by atomic mass is 9.64. The van der Waals surface area contributed by atoms with Gasteiger partial charge in [0.2, 0.25) is 15.9 Å². The molecule has 0 unspecified atom stereocenters. The van der Waals surface area contributed by atoms with E-state index in [4.69, 9.17) is 4.52 Å². The number of nitrogens with one attached hydrogen (secondary N) is 1. The number of likely N-dealkylation sites (tertiary alicyclic amines) is 1. The van der Waals surface area contributed by atoms with Crippen LogP contribution in [0.2, 0.25) is 0 Å². The molecule has 5 rings (SSSR count). The summed E-state index contributed by atoms with van der Waals surface area (Å²) in [7, 11) is -3.55. The van der Waals surface area contributed by atoms with Crippen LogP contribution in [-0.2, 0) is 28.2 Å². The van der Waals surface area contributed by atoms with Crippen molar-refractivity contribution in [3.8, 4) is 0 Å². The lowest BCUT2D eigenvalue weighted by Gasteiger charge is -2.39. The fourth-order valence-electron chi connectivity index (χ4n) is 4.95. The van der Waals surface area contributed by atoms with Crippen LogP contribution in [0.15, 0.2) is 64.0 Å². The average molecular weight is 521 g/mol. The summed E-state index contributed by atoms with van der Waals surface area (Å²) < 4.78 is 72.4. The molecule has 1 saturated carbocycles. The summed E-state index contributed by atoms with van der Waals surface area (Å²) in [6.45, 7) is 1.78. The number of rotatable bonds is 7. The summed E-state index contributed by atoms with van der Waals surface area (Å²) >= 11 is 0. The maximum absolute atomic E-state index is 13.0. The van der Waals surface area contributed by atoms with Crippen LogP contribution in [0, 0.1) is 0 Å². The minimum atomic E-state index is -4.38. The predicted molar refractivity (Wildman–Crippen MR) is 125 cm³/mol. The summed E-state index contributed by atoms with van der Waals surface area (Å²) in [5.74, 6) is 0.959. The number of benzene rings is 2. The SMILES string of the molecule is O=S(=O)(NC1CCN(Cc2nc(C3(c4ccc(C(F)(F)F)cc4)CCC3)no2)CC1)c1ccccc1. The molecule has 2 aromatic carbocycles. The van der Waals surface area contributed by atoms with Crippen molar-refractivity contribution < 1.29 is 26.1 Å². The second kappa shape index (κ2) is 9.60. The first-order chi connectivity index (χ1) is 17.2. The van der Waals surface area contributed by atoms with Gasteiger partial charge in [-0.25, -0.2) is 13.1 Å². The number of nitrogens with zero attached hydrogens (tertiary/aromatic N) is 3. The van der Waals surface area contributed by atoms with E-state index in [2.05, 4.69) is 19.8 Å². The van der Waals surface area contributed by atoms with E-state index in [-0.39, 0.29) is 10.9 Å². The van der Waals surface area contributed by atoms with Gasteiger partial charge in [-0.05, 0) is 55.5 Å². The Morgan fingerprint density at radius 3 is 2.28 bits per heavy atom. The molecule has 1 saturated heterocycles. The Balaban J connectivity index is 1.20. The Kier molecular flexibility index (Phi) is 6.65. The summed E-state index contributed by atoms with van der Waals surface area (Å²) in [4.78, 5) is 7.00. The molecule has 0 radical (unpaired) electrons. The molecule has 2 fully saturated rings. The lowest BCUT2D eigenvalue weighted by molar-refractivity contribution is -0.137. The molecule has 1 aromatic heterocycles. The first-order valence-electron chi connectivity index (χ1n) is 12.0. The highest BCUT2D eigenvalue weighted by molar-refractivity contribution is 7.89. The van der Waals surface area contributed by atoms with Gasteiger partial charge in [-0.3, -0.25) is 4.90 Å². The van der Waals surface area contributed by atoms with Crippen LogP contribution in [0.3, 0.4) is 0 Å². The van der Waals surface area contributed by atoms with Gasteiger partial charge in [0.25, 0.3) is 0 Å². The number of aromatic nitrogens is 2. The van der Waals surface area contributed by atoms with E-state index in [1.807, 2.05) is 0 Å². The van der Waals surface area contributed by atoms with Crippen molar-refractivity contribution in [3.05, 3.63) is 77.4 Å². The first kappa shape index (κ1) is 24.9. The zero-order valence-electron chi connectivity index (χ0n) is 19.5. The van der Waals surface area contributed by atoms with Gasteiger partial charge < -0.3 is 4.52 Å². The predicted octanol–water partition coefficient (Wildman–Crippen LogP) is 4.50. The summed E-state index contributed by atoms with van der Waals surface area (Å²) in [5, 5.41) is 4.19. The zero-order chi connectivity index (χ0) is 25.4. The second-order valence-corrected chi connectivity index (χ2v) is 11.2. The van der Waals surface area contributed by atoms with Crippen molar-refractivity contribution in [3.63, 3.8) is 0 Å². The fourth-order valence-corrected chi connectivity index (χ4v) is 6.28. The van der Waals surface area contributed by atoms with E-state index < -0.39 is 27.2 Å². The van der Waals surface area contributed by atoms with Crippen molar-refractivity contribution in [1.29, 1.82) is 0 Å². The Hall–Kier alpha value is -2.76. The number of halogens is 3. The number of piperidine rings is 1. The van der Waals surface area contributed by atoms with Crippen LogP contribution < -0.4 is 4.72 Å². The molecule has 7 nitrogen and oxygen atoms in total. The Bertz CT molecular complexity index is 1280. The van der Waals surface area contributed by atoms with Gasteiger partial charge >= 0.3 is 6.18 Å². The standard InChI is InChI=1S/C25H27F3N4O3S/c26-25(27,28)19-9-7-18(8-10-19)24(13-4-14-24)23-29-22(35-30-23)17-32-15-11-20(12-16-32)31-36(33,34)21-5-2-1-3-6-21/h1-3,5-10,20,31H,4,11-17H2. The van der Waals surface area contributed by atoms with Crippen LogP contribution in [0.25, 0.3) is 0 Å². The van der Waals surface area contributed by atoms with Crippen molar-refractivity contribution in [2.24, 2.45) is 0 Å². The highest BCUT2D eigenvalue weighted by Gasteiger charge is 2.45. The van der Waals surface area contributed by atoms with Crippen molar-refractivity contribution in [2.75, 3.05) is 13.1 Å². The lowest BCUT2D eigenvalue weighted by Crippen LogP contribution is -2.44. The normalized spacial score (nSPS) is 19.2. The van der Waals surface area contributed by atoms with Crippen LogP contribution in [0.4, 0.5) is 13.2 Å². The molecule has 0 spiro atoms. The highest BCUT2D eigenvalue weighted by Crippen LogP contribution is 2.48. The van der Waals surface area contributed by atoms with Crippen LogP contribution in [0.5, 0.6) is 0 Å². The molecule has 0 amide bonds. The minimum Gasteiger partial charge on any atom is -0.338 e. The molecule has 36 heavy (non-hydrogen) atoms. The van der Waals surface area contributed by atoms with E-state index >= 15 is 0 Å². The van der Waals surface area contributed by atoms with Gasteiger partial charge in [0.05, 0.1) is 22.4 Å². The van der Waals surface area contributed by atoms with Crippen LogP contribution >= 0.6 is 0 Å². The number of sulfonamides is 1. The van der Waals surface area contributed by atoms with Crippen molar-refractivity contribution >= 4 is 10.0 Å². The molecule has 1 aliphatic carbocycles. The highest BCUT2D eigenvalue weighted by atomic mass is 32.2. The quantitative estimate of drug-likeness (QED) is 0.494. The third kappa shape index (κ3) is 5.05. The molecular weight excluding hydrogens is 493 g/mol. The molecule has 0 atom stereocenters. The molecule has 11 heteroatoms. The molecule has 2 heterocycles. The molecule has 2 aliphatic rings. The second-order valence-electron chi connectivity index (χ2n) is 9.51. The van der Waals surface area contributed by atoms with Crippen molar-refractivity contribution in [1.82, 2.24) is 19.8 Å². The first-order valence-corrected chi connectivity index (χ1v) is 13.4. The number of hydrogen-bond donors (Lipinski definition) is 1. The van der Waals surface area contributed by atoms with Crippen LogP contribution in [-0.4, -0.2) is 42.6 Å². The van der Waals surface area contributed by atoms with Gasteiger partial charge in [-0.1, -0.05) is 41.9 Å². The van der Waals surface area contributed by atoms with E-state index in [0.29, 0.717) is 44.2 Å². The Morgan fingerprint density at radius 2 is 1.69 bits per heavy atom. The van der Waals surface area contributed by atoms with E-state index in [0.717, 1.165) is 37.0 Å². The largest absolute Gasteiger partial charge is 0.416 e. The molecule has 3 aromatic rings. The van der Waals surface area contributed by atoms with Gasteiger partial charge in [0, 0.05) is 19.1 Å². The van der Waals surface area contributed by atoms with E-state index in [9.17, 15) is 21.6 Å². The Morgan fingerprint density at radius 1 is 1.03 bits per heavy atom. The Labute approximate surface area is 207 Å². The average Bonchev–Trinajstić information content (AvgIpc) is 3.28. The fraction of sp³-hybridized carbons (Fsp3) is 0.440. The van der Waals surface area contributed by atoms with Gasteiger partial charge in [0.1, 0.15) is 0 Å². The summed E-state index contributed by atoms with van der Waals surface area (Å²) in [6, 6.07) is 13.4. The topological polar surface area (TPSA) is 88.3 Å². The molecule has 1 aliphatic heterocycles. The minimum absolute atomic E-state index is 0.150. The van der Waals surface area contributed by atoms with E-state index in [1.165, 1.54) is 12.1 Å². The molecule has 192 valence electrons. The molecule has 0 bridgehead atoms. The smallest absolute Gasteiger partial charge is 0.338 e.